The summed E-state index contributed by atoms with van der Waals surface area (Å²) in [7, 11) is 1.21. The molecule has 2 aromatic carbocycles. The summed E-state index contributed by atoms with van der Waals surface area (Å²) in [5.74, 6) is -0.442. The number of aryl methyl sites for hydroxylation is 1. The van der Waals surface area contributed by atoms with E-state index >= 15 is 0 Å². The topological polar surface area (TPSA) is 103 Å². The Morgan fingerprint density at radius 3 is 2.06 bits per heavy atom. The standard InChI is InChI=1S/C28H36N2O6/c1-6-24(35-27(33)34-5)22(18-17-20-13-9-7-10-14-20)29-25(31)23(19-21-15-11-8-12-16-21)30-26(32)36-28(2,3)4/h6-16,22-24H,1,17-19H2,2-5H3,(H,29,31)(H,30,32)/t22-,23-,24+/m0/s1. The number of nitrogens with one attached hydrogen (secondary N) is 2. The summed E-state index contributed by atoms with van der Waals surface area (Å²) in [4.78, 5) is 37.8. The Bertz CT molecular complexity index is 988. The van der Waals surface area contributed by atoms with Gasteiger partial charge >= 0.3 is 12.2 Å². The molecule has 0 saturated heterocycles. The molecule has 8 nitrogen and oxygen atoms in total. The number of ether oxygens (including phenoxy) is 3. The third-order valence-electron chi connectivity index (χ3n) is 5.23. The van der Waals surface area contributed by atoms with Crippen molar-refractivity contribution in [3.05, 3.63) is 84.4 Å². The van der Waals surface area contributed by atoms with Crippen LogP contribution in [0, 0.1) is 0 Å². The molecule has 2 aromatic rings. The third-order valence-corrected chi connectivity index (χ3v) is 5.23. The molecule has 0 aromatic heterocycles. The summed E-state index contributed by atoms with van der Waals surface area (Å²) < 4.78 is 15.3. The second-order valence-electron chi connectivity index (χ2n) is 9.30. The highest BCUT2D eigenvalue weighted by atomic mass is 16.7. The maximum atomic E-state index is 13.5. The van der Waals surface area contributed by atoms with Crippen molar-refractivity contribution in [2.24, 2.45) is 0 Å². The van der Waals surface area contributed by atoms with Crippen molar-refractivity contribution in [2.75, 3.05) is 7.11 Å². The molecule has 0 bridgehead atoms. The minimum absolute atomic E-state index is 0.244. The molecule has 0 saturated carbocycles. The minimum Gasteiger partial charge on any atom is -0.444 e. The van der Waals surface area contributed by atoms with Gasteiger partial charge in [-0.2, -0.15) is 0 Å². The van der Waals surface area contributed by atoms with E-state index < -0.39 is 41.9 Å². The second kappa shape index (κ2) is 13.9. The van der Waals surface area contributed by atoms with Gasteiger partial charge in [-0.3, -0.25) is 4.79 Å². The molecule has 2 N–H and O–H groups in total. The molecule has 2 amide bonds. The van der Waals surface area contributed by atoms with E-state index in [-0.39, 0.29) is 6.42 Å². The lowest BCUT2D eigenvalue weighted by Crippen LogP contribution is -2.54. The van der Waals surface area contributed by atoms with Gasteiger partial charge in [0.2, 0.25) is 5.91 Å². The highest BCUT2D eigenvalue weighted by molar-refractivity contribution is 5.86. The van der Waals surface area contributed by atoms with E-state index in [0.29, 0.717) is 12.8 Å². The van der Waals surface area contributed by atoms with Gasteiger partial charge in [-0.25, -0.2) is 9.59 Å². The van der Waals surface area contributed by atoms with Crippen LogP contribution in [0.3, 0.4) is 0 Å². The summed E-state index contributed by atoms with van der Waals surface area (Å²) in [5.41, 5.74) is 1.20. The zero-order chi connectivity index (χ0) is 26.6. The van der Waals surface area contributed by atoms with Gasteiger partial charge < -0.3 is 24.8 Å². The number of carbonyl (C=O) groups is 3. The summed E-state index contributed by atoms with van der Waals surface area (Å²) in [6.07, 6.45) is 0.326. The van der Waals surface area contributed by atoms with Crippen LogP contribution in [0.4, 0.5) is 9.59 Å². The maximum absolute atomic E-state index is 13.5. The number of benzene rings is 2. The fraction of sp³-hybridized carbons (Fsp3) is 0.393. The molecule has 0 aliphatic heterocycles. The maximum Gasteiger partial charge on any atom is 0.508 e. The normalized spacial score (nSPS) is 13.4. The average molecular weight is 497 g/mol. The fourth-order valence-corrected chi connectivity index (χ4v) is 3.53. The van der Waals surface area contributed by atoms with Crippen LogP contribution in [-0.2, 0) is 31.8 Å². The first-order valence-corrected chi connectivity index (χ1v) is 11.9. The van der Waals surface area contributed by atoms with Crippen LogP contribution < -0.4 is 10.6 Å². The Balaban J connectivity index is 2.24. The summed E-state index contributed by atoms with van der Waals surface area (Å²) in [6.45, 7) is 9.00. The molecule has 0 fully saturated rings. The summed E-state index contributed by atoms with van der Waals surface area (Å²) in [5, 5.41) is 5.62. The van der Waals surface area contributed by atoms with Crippen molar-refractivity contribution in [2.45, 2.75) is 63.8 Å². The summed E-state index contributed by atoms with van der Waals surface area (Å²) in [6, 6.07) is 17.5. The van der Waals surface area contributed by atoms with Crippen LogP contribution in [0.2, 0.25) is 0 Å². The van der Waals surface area contributed by atoms with Gasteiger partial charge in [-0.1, -0.05) is 67.2 Å². The van der Waals surface area contributed by atoms with Crippen LogP contribution in [-0.4, -0.2) is 49.1 Å². The smallest absolute Gasteiger partial charge is 0.444 e. The molecule has 194 valence electrons. The Labute approximate surface area is 213 Å². The predicted molar refractivity (Wildman–Crippen MR) is 137 cm³/mol. The summed E-state index contributed by atoms with van der Waals surface area (Å²) >= 11 is 0. The number of amides is 2. The monoisotopic (exact) mass is 496 g/mol. The predicted octanol–water partition coefficient (Wildman–Crippen LogP) is 4.58. The van der Waals surface area contributed by atoms with Gasteiger partial charge in [0.25, 0.3) is 0 Å². The molecule has 2 rings (SSSR count). The molecule has 3 atom stereocenters. The molecule has 0 aliphatic rings. The van der Waals surface area contributed by atoms with E-state index in [1.807, 2.05) is 60.7 Å². The number of carbonyl (C=O) groups excluding carboxylic acids is 3. The lowest BCUT2D eigenvalue weighted by Gasteiger charge is -2.28. The van der Waals surface area contributed by atoms with Crippen molar-refractivity contribution < 1.29 is 28.6 Å². The third kappa shape index (κ3) is 10.2. The van der Waals surface area contributed by atoms with Gasteiger partial charge in [0, 0.05) is 6.42 Å². The van der Waals surface area contributed by atoms with Crippen LogP contribution >= 0.6 is 0 Å². The van der Waals surface area contributed by atoms with Crippen molar-refractivity contribution in [1.29, 1.82) is 0 Å². The average Bonchev–Trinajstić information content (AvgIpc) is 2.84. The number of methoxy groups -OCH3 is 1. The molecule has 8 heteroatoms. The lowest BCUT2D eigenvalue weighted by atomic mass is 9.99. The SMILES string of the molecule is C=C[C@@H](OC(=O)OC)[C@H](CCc1ccccc1)NC(=O)[C@H](Cc1ccccc1)NC(=O)OC(C)(C)C. The first kappa shape index (κ1) is 28.4. The quantitative estimate of drug-likeness (QED) is 0.349. The number of alkyl carbamates (subject to hydrolysis) is 1. The number of hydrogen-bond donors (Lipinski definition) is 2. The zero-order valence-corrected chi connectivity index (χ0v) is 21.4. The van der Waals surface area contributed by atoms with Gasteiger partial charge in [0.1, 0.15) is 17.7 Å². The minimum atomic E-state index is -0.926. The van der Waals surface area contributed by atoms with Crippen molar-refractivity contribution >= 4 is 18.2 Å². The highest BCUT2D eigenvalue weighted by Gasteiger charge is 2.30. The molecule has 0 spiro atoms. The van der Waals surface area contributed by atoms with Crippen LogP contribution in [0.5, 0.6) is 0 Å². The van der Waals surface area contributed by atoms with Crippen LogP contribution in [0.1, 0.15) is 38.3 Å². The van der Waals surface area contributed by atoms with Gasteiger partial charge in [0.05, 0.1) is 13.2 Å². The Morgan fingerprint density at radius 1 is 0.944 bits per heavy atom. The Morgan fingerprint density at radius 2 is 1.53 bits per heavy atom. The van der Waals surface area contributed by atoms with Gasteiger partial charge in [-0.15, -0.1) is 0 Å². The first-order chi connectivity index (χ1) is 17.1. The lowest BCUT2D eigenvalue weighted by molar-refractivity contribution is -0.124. The Kier molecular flexibility index (Phi) is 11.0. The van der Waals surface area contributed by atoms with E-state index in [4.69, 9.17) is 9.47 Å². The van der Waals surface area contributed by atoms with E-state index in [1.54, 1.807) is 20.8 Å². The molecule has 0 aliphatic carbocycles. The van der Waals surface area contributed by atoms with E-state index in [0.717, 1.165) is 11.1 Å². The molecular weight excluding hydrogens is 460 g/mol. The number of hydrogen-bond acceptors (Lipinski definition) is 6. The molecule has 36 heavy (non-hydrogen) atoms. The first-order valence-electron chi connectivity index (χ1n) is 11.9. The van der Waals surface area contributed by atoms with E-state index in [1.165, 1.54) is 13.2 Å². The molecule has 0 heterocycles. The highest BCUT2D eigenvalue weighted by Crippen LogP contribution is 2.14. The second-order valence-corrected chi connectivity index (χ2v) is 9.30. The van der Waals surface area contributed by atoms with E-state index in [9.17, 15) is 14.4 Å². The van der Waals surface area contributed by atoms with E-state index in [2.05, 4.69) is 21.9 Å². The van der Waals surface area contributed by atoms with Crippen LogP contribution in [0.15, 0.2) is 73.3 Å². The largest absolute Gasteiger partial charge is 0.508 e. The fourth-order valence-electron chi connectivity index (χ4n) is 3.53. The molecule has 0 radical (unpaired) electrons. The Hall–Kier alpha value is -3.81. The van der Waals surface area contributed by atoms with Crippen molar-refractivity contribution in [3.8, 4) is 0 Å². The molecular formula is C28H36N2O6. The molecule has 0 unspecified atom stereocenters. The van der Waals surface area contributed by atoms with Crippen molar-refractivity contribution in [1.82, 2.24) is 10.6 Å². The zero-order valence-electron chi connectivity index (χ0n) is 21.4. The van der Waals surface area contributed by atoms with Crippen molar-refractivity contribution in [3.63, 3.8) is 0 Å². The number of rotatable bonds is 11. The van der Waals surface area contributed by atoms with Gasteiger partial charge in [-0.05, 0) is 50.8 Å². The van der Waals surface area contributed by atoms with Gasteiger partial charge in [0.15, 0.2) is 0 Å². The van der Waals surface area contributed by atoms with Crippen LogP contribution in [0.25, 0.3) is 0 Å².